The van der Waals surface area contributed by atoms with Crippen molar-refractivity contribution < 1.29 is 14.6 Å². The lowest BCUT2D eigenvalue weighted by Crippen LogP contribution is -2.44. The van der Waals surface area contributed by atoms with Crippen LogP contribution in [0, 0.1) is 0 Å². The average Bonchev–Trinajstić information content (AvgIpc) is 3.08. The number of ether oxygens (including phenoxy) is 1. The summed E-state index contributed by atoms with van der Waals surface area (Å²) in [6, 6.07) is 7.49. The number of carbonyl (C=O) groups excluding carboxylic acids is 1. The first-order valence-corrected chi connectivity index (χ1v) is 10.2. The van der Waals surface area contributed by atoms with E-state index in [1.807, 2.05) is 18.2 Å². The van der Waals surface area contributed by atoms with Crippen LogP contribution in [0.2, 0.25) is 0 Å². The van der Waals surface area contributed by atoms with Gasteiger partial charge in [0, 0.05) is 27.5 Å². The Morgan fingerprint density at radius 3 is 2.83 bits per heavy atom. The van der Waals surface area contributed by atoms with Gasteiger partial charge in [-0.15, -0.1) is 0 Å². The number of nitrogens with two attached hydrogens (primary N) is 1. The van der Waals surface area contributed by atoms with Crippen LogP contribution in [0.3, 0.4) is 0 Å². The molecule has 3 N–H and O–H groups in total. The van der Waals surface area contributed by atoms with Gasteiger partial charge in [-0.1, -0.05) is 22.9 Å². The van der Waals surface area contributed by atoms with Crippen LogP contribution in [0.25, 0.3) is 22.3 Å². The van der Waals surface area contributed by atoms with Crippen LogP contribution in [0.1, 0.15) is 35.6 Å². The molecule has 4 heterocycles. The highest BCUT2D eigenvalue weighted by molar-refractivity contribution is 9.10. The van der Waals surface area contributed by atoms with Crippen molar-refractivity contribution in [2.75, 3.05) is 0 Å². The van der Waals surface area contributed by atoms with E-state index >= 15 is 0 Å². The number of cyclic esters (lactones) is 1. The Labute approximate surface area is 174 Å². The fraction of sp³-hybridized carbons (Fsp3) is 0.286. The van der Waals surface area contributed by atoms with E-state index < -0.39 is 11.6 Å². The summed E-state index contributed by atoms with van der Waals surface area (Å²) < 4.78 is 7.65. The number of pyridine rings is 2. The van der Waals surface area contributed by atoms with Gasteiger partial charge in [0.2, 0.25) is 0 Å². The van der Waals surface area contributed by atoms with Gasteiger partial charge in [-0.05, 0) is 36.2 Å². The van der Waals surface area contributed by atoms with Crippen LogP contribution in [-0.4, -0.2) is 20.6 Å². The first kappa shape index (κ1) is 18.5. The van der Waals surface area contributed by atoms with E-state index in [0.29, 0.717) is 35.6 Å². The quantitative estimate of drug-likeness (QED) is 0.449. The van der Waals surface area contributed by atoms with Crippen molar-refractivity contribution in [3.05, 3.63) is 61.3 Å². The first-order valence-electron chi connectivity index (χ1n) is 9.37. The fourth-order valence-electron chi connectivity index (χ4n) is 4.37. The van der Waals surface area contributed by atoms with E-state index in [-0.39, 0.29) is 18.6 Å². The number of nitrogens with zero attached hydrogens (tertiary/aromatic N) is 2. The van der Waals surface area contributed by atoms with Crippen LogP contribution >= 0.6 is 15.9 Å². The zero-order chi connectivity index (χ0) is 20.5. The third-order valence-corrected chi connectivity index (χ3v) is 6.47. The molecular weight excluding hydrogens is 438 g/mol. The molecule has 2 aliphatic heterocycles. The summed E-state index contributed by atoms with van der Waals surface area (Å²) in [5.41, 5.74) is 8.46. The topological polar surface area (TPSA) is 107 Å². The summed E-state index contributed by atoms with van der Waals surface area (Å²) in [6.45, 7) is 2.20. The second kappa shape index (κ2) is 6.22. The monoisotopic (exact) mass is 455 g/mol. The van der Waals surface area contributed by atoms with Gasteiger partial charge < -0.3 is 20.1 Å². The Bertz CT molecular complexity index is 1280. The molecule has 2 aliphatic rings. The van der Waals surface area contributed by atoms with Gasteiger partial charge in [-0.2, -0.15) is 0 Å². The number of benzene rings is 1. The van der Waals surface area contributed by atoms with E-state index in [9.17, 15) is 14.7 Å². The molecule has 5 rings (SSSR count). The molecular formula is C21H18BrN3O4. The van der Waals surface area contributed by atoms with Crippen molar-refractivity contribution in [3.8, 4) is 11.4 Å². The molecule has 2 aromatic heterocycles. The highest BCUT2D eigenvalue weighted by Crippen LogP contribution is 2.40. The molecule has 0 unspecified atom stereocenters. The molecule has 0 saturated carbocycles. The predicted molar refractivity (Wildman–Crippen MR) is 110 cm³/mol. The number of halogens is 1. The zero-order valence-corrected chi connectivity index (χ0v) is 17.2. The fourth-order valence-corrected chi connectivity index (χ4v) is 4.73. The number of fused-ring (bicyclic) bond motifs is 5. The van der Waals surface area contributed by atoms with Gasteiger partial charge in [-0.3, -0.25) is 4.79 Å². The number of aliphatic hydroxyl groups is 1. The van der Waals surface area contributed by atoms with E-state index in [0.717, 1.165) is 26.5 Å². The Kier molecular flexibility index (Phi) is 3.96. The van der Waals surface area contributed by atoms with Gasteiger partial charge in [0.1, 0.15) is 6.61 Å². The Hall–Kier alpha value is -2.55. The van der Waals surface area contributed by atoms with Crippen LogP contribution in [-0.2, 0) is 34.8 Å². The van der Waals surface area contributed by atoms with E-state index in [4.69, 9.17) is 15.5 Å². The summed E-state index contributed by atoms with van der Waals surface area (Å²) >= 11 is 3.49. The predicted octanol–water partition coefficient (Wildman–Crippen LogP) is 2.30. The molecule has 148 valence electrons. The Morgan fingerprint density at radius 1 is 1.31 bits per heavy atom. The minimum absolute atomic E-state index is 0.113. The molecule has 0 saturated heterocycles. The zero-order valence-electron chi connectivity index (χ0n) is 15.7. The van der Waals surface area contributed by atoms with Crippen LogP contribution in [0.4, 0.5) is 0 Å². The number of hydrogen-bond acceptors (Lipinski definition) is 6. The number of carbonyl (C=O) groups is 1. The van der Waals surface area contributed by atoms with Gasteiger partial charge in [-0.25, -0.2) is 9.78 Å². The maximum absolute atomic E-state index is 13.2. The molecule has 8 heteroatoms. The molecule has 7 nitrogen and oxygen atoms in total. The standard InChI is InChI=1S/C21H18BrN3O4/c1-2-21(28)15-6-17-18-13(8-25(17)19(26)14(15)9-29-20(21)27)12(7-23)11-5-10(22)3-4-16(11)24-18/h3-6,28H,2,7-9,23H2,1H3/t21-/m0/s1. The van der Waals surface area contributed by atoms with Crippen LogP contribution < -0.4 is 11.3 Å². The number of esters is 1. The van der Waals surface area contributed by atoms with Gasteiger partial charge in [0.25, 0.3) is 5.56 Å². The van der Waals surface area contributed by atoms with E-state index in [1.165, 1.54) is 0 Å². The van der Waals surface area contributed by atoms with Crippen LogP contribution in [0.15, 0.2) is 33.5 Å². The molecule has 0 fully saturated rings. The van der Waals surface area contributed by atoms with Gasteiger partial charge >= 0.3 is 5.97 Å². The maximum Gasteiger partial charge on any atom is 0.343 e. The Morgan fingerprint density at radius 2 is 2.10 bits per heavy atom. The van der Waals surface area contributed by atoms with Crippen molar-refractivity contribution >= 4 is 32.8 Å². The van der Waals surface area contributed by atoms with E-state index in [2.05, 4.69) is 15.9 Å². The normalized spacial score (nSPS) is 19.7. The number of hydrogen-bond donors (Lipinski definition) is 2. The van der Waals surface area contributed by atoms with Crippen molar-refractivity contribution in [3.63, 3.8) is 0 Å². The van der Waals surface area contributed by atoms with Crippen molar-refractivity contribution in [1.82, 2.24) is 9.55 Å². The second-order valence-electron chi connectivity index (χ2n) is 7.39. The highest BCUT2D eigenvalue weighted by Gasteiger charge is 2.45. The molecule has 3 aromatic rings. The molecule has 0 radical (unpaired) electrons. The minimum atomic E-state index is -1.83. The van der Waals surface area contributed by atoms with E-state index in [1.54, 1.807) is 17.6 Å². The van der Waals surface area contributed by atoms with Gasteiger partial charge in [0.15, 0.2) is 5.60 Å². The minimum Gasteiger partial charge on any atom is -0.458 e. The molecule has 0 aliphatic carbocycles. The summed E-state index contributed by atoms with van der Waals surface area (Å²) in [5, 5.41) is 11.9. The summed E-state index contributed by atoms with van der Waals surface area (Å²) in [7, 11) is 0. The molecule has 0 bridgehead atoms. The SMILES string of the molecule is CC[C@@]1(O)C(=O)OCc2c1cc1n(c2=O)Cc2c-1nc1ccc(Br)cc1c2CN. The lowest BCUT2D eigenvalue weighted by atomic mass is 9.86. The molecule has 1 atom stereocenters. The summed E-state index contributed by atoms with van der Waals surface area (Å²) in [6.07, 6.45) is 0.113. The third kappa shape index (κ3) is 2.39. The molecule has 0 spiro atoms. The Balaban J connectivity index is 1.84. The largest absolute Gasteiger partial charge is 0.458 e. The average molecular weight is 456 g/mol. The molecule has 1 aromatic carbocycles. The molecule has 29 heavy (non-hydrogen) atoms. The van der Waals surface area contributed by atoms with Crippen molar-refractivity contribution in [2.45, 2.75) is 38.6 Å². The highest BCUT2D eigenvalue weighted by atomic mass is 79.9. The summed E-state index contributed by atoms with van der Waals surface area (Å²) in [5.74, 6) is -0.728. The third-order valence-electron chi connectivity index (χ3n) is 5.97. The summed E-state index contributed by atoms with van der Waals surface area (Å²) in [4.78, 5) is 30.3. The smallest absolute Gasteiger partial charge is 0.343 e. The maximum atomic E-state index is 13.2. The number of aromatic nitrogens is 2. The van der Waals surface area contributed by atoms with Crippen molar-refractivity contribution in [2.24, 2.45) is 5.73 Å². The van der Waals surface area contributed by atoms with Crippen molar-refractivity contribution in [1.29, 1.82) is 0 Å². The number of rotatable bonds is 2. The van der Waals surface area contributed by atoms with Gasteiger partial charge in [0.05, 0.1) is 29.0 Å². The van der Waals surface area contributed by atoms with Crippen LogP contribution in [0.5, 0.6) is 0 Å². The first-order chi connectivity index (χ1) is 13.9. The lowest BCUT2D eigenvalue weighted by Gasteiger charge is -2.31. The second-order valence-corrected chi connectivity index (χ2v) is 8.30. The lowest BCUT2D eigenvalue weighted by molar-refractivity contribution is -0.172. The molecule has 0 amide bonds.